The minimum Gasteiger partial charge on any atom is -0.476 e. The minimum absolute atomic E-state index is 0.00663. The summed E-state index contributed by atoms with van der Waals surface area (Å²) < 4.78 is 5.47. The van der Waals surface area contributed by atoms with Gasteiger partial charge in [0.2, 0.25) is 5.88 Å². The number of nitro benzene ring substituents is 1. The molecule has 0 radical (unpaired) electrons. The van der Waals surface area contributed by atoms with Crippen molar-refractivity contribution in [3.8, 4) is 11.6 Å². The highest BCUT2D eigenvalue weighted by Gasteiger charge is 2.15. The predicted octanol–water partition coefficient (Wildman–Crippen LogP) is 2.49. The molecule has 1 N–H and O–H groups in total. The van der Waals surface area contributed by atoms with Crippen molar-refractivity contribution in [3.05, 3.63) is 51.5 Å². The first-order valence-corrected chi connectivity index (χ1v) is 5.87. The number of hydrogen-bond donors (Lipinski definition) is 1. The van der Waals surface area contributed by atoms with Crippen LogP contribution in [0.1, 0.15) is 21.6 Å². The van der Waals surface area contributed by atoms with E-state index in [0.29, 0.717) is 16.9 Å². The van der Waals surface area contributed by atoms with E-state index < -0.39 is 10.9 Å². The van der Waals surface area contributed by atoms with Crippen LogP contribution in [0.25, 0.3) is 0 Å². The monoisotopic (exact) mass is 289 g/mol. The molecule has 108 valence electrons. The molecule has 0 saturated carbocycles. The Morgan fingerprint density at radius 1 is 1.24 bits per heavy atom. The van der Waals surface area contributed by atoms with Crippen LogP contribution in [-0.2, 0) is 0 Å². The van der Waals surface area contributed by atoms with Crippen molar-refractivity contribution in [2.75, 3.05) is 0 Å². The minimum atomic E-state index is -1.18. The van der Waals surface area contributed by atoms with Gasteiger partial charge in [0.1, 0.15) is 5.75 Å². The van der Waals surface area contributed by atoms with E-state index in [-0.39, 0.29) is 17.3 Å². The summed E-state index contributed by atoms with van der Waals surface area (Å²) in [5, 5.41) is 19.6. The summed E-state index contributed by atoms with van der Waals surface area (Å²) in [6, 6.07) is 2.93. The number of carbonyl (C=O) groups is 1. The van der Waals surface area contributed by atoms with Gasteiger partial charge in [0, 0.05) is 11.6 Å². The maximum absolute atomic E-state index is 10.8. The van der Waals surface area contributed by atoms with Crippen molar-refractivity contribution in [2.24, 2.45) is 0 Å². The second-order valence-corrected chi connectivity index (χ2v) is 4.31. The molecule has 0 aliphatic rings. The molecule has 2 aromatic rings. The summed E-state index contributed by atoms with van der Waals surface area (Å²) >= 11 is 0. The third kappa shape index (κ3) is 3.11. The predicted molar refractivity (Wildman–Crippen MR) is 71.6 cm³/mol. The molecule has 0 aliphatic carbocycles. The van der Waals surface area contributed by atoms with Crippen LogP contribution in [0.5, 0.6) is 11.6 Å². The average molecular weight is 289 g/mol. The van der Waals surface area contributed by atoms with Crippen LogP contribution >= 0.6 is 0 Å². The van der Waals surface area contributed by atoms with Crippen molar-refractivity contribution in [1.29, 1.82) is 0 Å². The van der Waals surface area contributed by atoms with Crippen molar-refractivity contribution in [3.63, 3.8) is 0 Å². The van der Waals surface area contributed by atoms with Gasteiger partial charge in [-0.3, -0.25) is 10.1 Å². The highest BCUT2D eigenvalue weighted by molar-refractivity contribution is 5.84. The van der Waals surface area contributed by atoms with Crippen LogP contribution in [0, 0.1) is 24.0 Å². The fraction of sp³-hybridized carbons (Fsp3) is 0.154. The molecule has 1 aromatic heterocycles. The first-order chi connectivity index (χ1) is 9.88. The van der Waals surface area contributed by atoms with Crippen molar-refractivity contribution < 1.29 is 19.6 Å². The average Bonchev–Trinajstić information content (AvgIpc) is 2.42. The zero-order valence-electron chi connectivity index (χ0n) is 11.2. The van der Waals surface area contributed by atoms with Gasteiger partial charge >= 0.3 is 5.97 Å². The molecule has 0 aliphatic heterocycles. The highest BCUT2D eigenvalue weighted by atomic mass is 16.6. The molecular formula is C13H11N3O5. The molecule has 0 bridgehead atoms. The van der Waals surface area contributed by atoms with Gasteiger partial charge in [0.15, 0.2) is 5.69 Å². The topological polar surface area (TPSA) is 115 Å². The van der Waals surface area contributed by atoms with Crippen molar-refractivity contribution in [2.45, 2.75) is 13.8 Å². The standard InChI is InChI=1S/C13H11N3O5/c1-7-4-11(8(2)3-10(7)16(19)20)21-12-6-14-9(5-15-12)13(17)18/h3-6H,1-2H3,(H,17,18). The van der Waals surface area contributed by atoms with Crippen LogP contribution in [0.2, 0.25) is 0 Å². The summed E-state index contributed by atoms with van der Waals surface area (Å²) in [5.41, 5.74) is 0.832. The van der Waals surface area contributed by atoms with Gasteiger partial charge in [-0.2, -0.15) is 0 Å². The lowest BCUT2D eigenvalue weighted by Crippen LogP contribution is -2.02. The Bertz CT molecular complexity index is 712. The number of aryl methyl sites for hydroxylation is 2. The number of benzene rings is 1. The van der Waals surface area contributed by atoms with Crippen LogP contribution < -0.4 is 4.74 Å². The first kappa shape index (κ1) is 14.4. The Balaban J connectivity index is 2.29. The molecule has 2 rings (SSSR count). The number of ether oxygens (including phenoxy) is 1. The van der Waals surface area contributed by atoms with Gasteiger partial charge in [-0.1, -0.05) is 0 Å². The fourth-order valence-corrected chi connectivity index (χ4v) is 1.67. The van der Waals surface area contributed by atoms with E-state index in [1.54, 1.807) is 13.8 Å². The van der Waals surface area contributed by atoms with E-state index in [0.717, 1.165) is 6.20 Å². The Labute approximate surface area is 119 Å². The molecule has 0 unspecified atom stereocenters. The van der Waals surface area contributed by atoms with Gasteiger partial charge in [-0.05, 0) is 25.5 Å². The third-order valence-corrected chi connectivity index (χ3v) is 2.75. The Kier molecular flexibility index (Phi) is 3.79. The Morgan fingerprint density at radius 2 is 1.95 bits per heavy atom. The summed E-state index contributed by atoms with van der Waals surface area (Å²) in [4.78, 5) is 28.5. The van der Waals surface area contributed by atoms with Crippen molar-refractivity contribution >= 4 is 11.7 Å². The number of hydrogen-bond acceptors (Lipinski definition) is 6. The molecule has 0 fully saturated rings. The quantitative estimate of drug-likeness (QED) is 0.678. The number of aromatic nitrogens is 2. The van der Waals surface area contributed by atoms with Crippen molar-refractivity contribution in [1.82, 2.24) is 9.97 Å². The van der Waals surface area contributed by atoms with Crippen LogP contribution in [-0.4, -0.2) is 26.0 Å². The molecule has 0 atom stereocenters. The van der Waals surface area contributed by atoms with E-state index in [1.807, 2.05) is 0 Å². The molecule has 8 heteroatoms. The molecule has 0 spiro atoms. The molecule has 1 aromatic carbocycles. The summed E-state index contributed by atoms with van der Waals surface area (Å²) in [6.45, 7) is 3.27. The molecular weight excluding hydrogens is 278 g/mol. The van der Waals surface area contributed by atoms with Gasteiger partial charge in [0.05, 0.1) is 17.3 Å². The zero-order valence-corrected chi connectivity index (χ0v) is 11.2. The van der Waals surface area contributed by atoms with Gasteiger partial charge in [-0.15, -0.1) is 0 Å². The van der Waals surface area contributed by atoms with E-state index >= 15 is 0 Å². The number of nitrogens with zero attached hydrogens (tertiary/aromatic N) is 3. The number of carboxylic acids is 1. The second kappa shape index (κ2) is 5.53. The molecule has 1 heterocycles. The molecule has 0 amide bonds. The normalized spacial score (nSPS) is 10.2. The number of aromatic carboxylic acids is 1. The van der Waals surface area contributed by atoms with Crippen LogP contribution in [0.4, 0.5) is 5.69 Å². The van der Waals surface area contributed by atoms with Crippen LogP contribution in [0.15, 0.2) is 24.5 Å². The first-order valence-electron chi connectivity index (χ1n) is 5.87. The lowest BCUT2D eigenvalue weighted by Gasteiger charge is -2.09. The number of carboxylic acid groups (broad SMARTS) is 1. The number of nitro groups is 1. The maximum atomic E-state index is 10.8. The maximum Gasteiger partial charge on any atom is 0.356 e. The van der Waals surface area contributed by atoms with E-state index in [1.165, 1.54) is 18.3 Å². The highest BCUT2D eigenvalue weighted by Crippen LogP contribution is 2.30. The molecule has 8 nitrogen and oxygen atoms in total. The Morgan fingerprint density at radius 3 is 2.48 bits per heavy atom. The summed E-state index contributed by atoms with van der Waals surface area (Å²) in [7, 11) is 0. The Hall–Kier alpha value is -3.03. The lowest BCUT2D eigenvalue weighted by molar-refractivity contribution is -0.385. The third-order valence-electron chi connectivity index (χ3n) is 2.75. The SMILES string of the molecule is Cc1cc([N+](=O)[O-])c(C)cc1Oc1cnc(C(=O)O)cn1. The molecule has 0 saturated heterocycles. The molecule has 21 heavy (non-hydrogen) atoms. The summed E-state index contributed by atoms with van der Waals surface area (Å²) in [5.74, 6) is -0.678. The number of rotatable bonds is 4. The largest absolute Gasteiger partial charge is 0.476 e. The van der Waals surface area contributed by atoms with Gasteiger partial charge in [-0.25, -0.2) is 14.8 Å². The van der Waals surface area contributed by atoms with E-state index in [2.05, 4.69) is 9.97 Å². The van der Waals surface area contributed by atoms with E-state index in [4.69, 9.17) is 9.84 Å². The zero-order chi connectivity index (χ0) is 15.6. The summed E-state index contributed by atoms with van der Waals surface area (Å²) in [6.07, 6.45) is 2.25. The van der Waals surface area contributed by atoms with Gasteiger partial charge in [0.25, 0.3) is 5.69 Å². The lowest BCUT2D eigenvalue weighted by atomic mass is 10.1. The fourth-order valence-electron chi connectivity index (χ4n) is 1.67. The second-order valence-electron chi connectivity index (χ2n) is 4.31. The van der Waals surface area contributed by atoms with Crippen LogP contribution in [0.3, 0.4) is 0 Å². The van der Waals surface area contributed by atoms with E-state index in [9.17, 15) is 14.9 Å². The van der Waals surface area contributed by atoms with Gasteiger partial charge < -0.3 is 9.84 Å². The smallest absolute Gasteiger partial charge is 0.356 e.